The predicted octanol–water partition coefficient (Wildman–Crippen LogP) is 3.20. The molecule has 0 aliphatic heterocycles. The molecule has 0 saturated carbocycles. The maximum Gasteiger partial charge on any atom is 0.448 e. The maximum atomic E-state index is 11.0. The summed E-state index contributed by atoms with van der Waals surface area (Å²) in [5, 5.41) is 0. The molecule has 0 aromatic rings. The van der Waals surface area contributed by atoms with Crippen molar-refractivity contribution in [1.82, 2.24) is 0 Å². The molecule has 0 fully saturated rings. The molecule has 0 aliphatic carbocycles. The van der Waals surface area contributed by atoms with Crippen molar-refractivity contribution in [3.63, 3.8) is 0 Å². The zero-order chi connectivity index (χ0) is 7.65. The number of allylic oxidation sites excluding steroid dienone is 1. The summed E-state index contributed by atoms with van der Waals surface area (Å²) >= 11 is 0. The highest BCUT2D eigenvalue weighted by Gasteiger charge is 2.38. The Labute approximate surface area is 62.7 Å². The monoisotopic (exact) mass is 206 g/mol. The SMILES string of the molecule is Cl.F.FC(F)=C(F)C(F)(F)F. The number of alkyl halides is 3. The summed E-state index contributed by atoms with van der Waals surface area (Å²) in [4.78, 5) is 0. The van der Waals surface area contributed by atoms with Crippen molar-refractivity contribution in [3.05, 3.63) is 11.9 Å². The van der Waals surface area contributed by atoms with Crippen LogP contribution in [0.4, 0.5) is 31.0 Å². The van der Waals surface area contributed by atoms with Crippen LogP contribution in [-0.2, 0) is 0 Å². The first-order valence-electron chi connectivity index (χ1n) is 1.63. The van der Waals surface area contributed by atoms with E-state index < -0.39 is 18.1 Å². The van der Waals surface area contributed by atoms with E-state index in [0.29, 0.717) is 0 Å². The molecule has 0 unspecified atom stereocenters. The molecular formula is C3H2ClF7. The van der Waals surface area contributed by atoms with Crippen LogP contribution in [0.2, 0.25) is 0 Å². The summed E-state index contributed by atoms with van der Waals surface area (Å²) < 4.78 is 64.8. The summed E-state index contributed by atoms with van der Waals surface area (Å²) in [6.07, 6.45) is -8.90. The maximum absolute atomic E-state index is 11.0. The Morgan fingerprint density at radius 2 is 1.18 bits per heavy atom. The molecule has 70 valence electrons. The standard InChI is InChI=1S/C3F6.ClH.FH/c4-1(2(5)6)3(7,8)9;;/h;2*1H. The van der Waals surface area contributed by atoms with Gasteiger partial charge in [0.15, 0.2) is 0 Å². The molecule has 0 nitrogen and oxygen atoms in total. The van der Waals surface area contributed by atoms with Gasteiger partial charge in [0.2, 0.25) is 0 Å². The van der Waals surface area contributed by atoms with E-state index in [4.69, 9.17) is 0 Å². The molecule has 0 aliphatic rings. The molecule has 0 heterocycles. The number of hydrogen-bond acceptors (Lipinski definition) is 0. The summed E-state index contributed by atoms with van der Waals surface area (Å²) in [6, 6.07) is 0. The lowest BCUT2D eigenvalue weighted by atomic mass is 10.6. The Bertz CT molecular complexity index is 131. The van der Waals surface area contributed by atoms with E-state index in [-0.39, 0.29) is 17.1 Å². The third-order valence-electron chi connectivity index (χ3n) is 0.415. The summed E-state index contributed by atoms with van der Waals surface area (Å²) in [7, 11) is 0. The second-order valence-corrected chi connectivity index (χ2v) is 1.07. The number of hydrogen-bond donors (Lipinski definition) is 0. The molecule has 11 heavy (non-hydrogen) atoms. The second kappa shape index (κ2) is 5.22. The minimum Gasteiger partial charge on any atom is -0.269 e. The first-order valence-corrected chi connectivity index (χ1v) is 1.63. The average molecular weight is 206 g/mol. The van der Waals surface area contributed by atoms with Crippen molar-refractivity contribution in [3.8, 4) is 0 Å². The smallest absolute Gasteiger partial charge is 0.269 e. The van der Waals surface area contributed by atoms with Crippen LogP contribution in [0.1, 0.15) is 0 Å². The zero-order valence-electron chi connectivity index (χ0n) is 4.58. The fourth-order valence-corrected chi connectivity index (χ4v) is 0.107. The van der Waals surface area contributed by atoms with Crippen LogP contribution < -0.4 is 0 Å². The largest absolute Gasteiger partial charge is 0.448 e. The van der Waals surface area contributed by atoms with E-state index in [1.807, 2.05) is 0 Å². The van der Waals surface area contributed by atoms with Gasteiger partial charge in [-0.3, -0.25) is 4.70 Å². The Kier molecular flexibility index (Phi) is 8.01. The van der Waals surface area contributed by atoms with Gasteiger partial charge in [-0.25, -0.2) is 0 Å². The van der Waals surface area contributed by atoms with Crippen molar-refractivity contribution >= 4 is 12.4 Å². The van der Waals surface area contributed by atoms with Crippen molar-refractivity contribution in [2.75, 3.05) is 0 Å². The van der Waals surface area contributed by atoms with Gasteiger partial charge in [0, 0.05) is 0 Å². The molecule has 0 radical (unpaired) electrons. The van der Waals surface area contributed by atoms with E-state index in [1.54, 1.807) is 0 Å². The lowest BCUT2D eigenvalue weighted by Gasteiger charge is -1.98. The normalized spacial score (nSPS) is 9.27. The molecule has 0 N–H and O–H groups in total. The average Bonchev–Trinajstić information content (AvgIpc) is 1.62. The third-order valence-corrected chi connectivity index (χ3v) is 0.415. The fraction of sp³-hybridized carbons (Fsp3) is 0.333. The minimum absolute atomic E-state index is 0. The van der Waals surface area contributed by atoms with Gasteiger partial charge < -0.3 is 0 Å². The highest BCUT2D eigenvalue weighted by Crippen LogP contribution is 2.29. The van der Waals surface area contributed by atoms with E-state index in [2.05, 4.69) is 0 Å². The molecular weight excluding hydrogens is 204 g/mol. The molecule has 0 spiro atoms. The van der Waals surface area contributed by atoms with Crippen LogP contribution >= 0.6 is 12.4 Å². The predicted molar refractivity (Wildman–Crippen MR) is 26.2 cm³/mol. The van der Waals surface area contributed by atoms with Gasteiger partial charge >= 0.3 is 12.3 Å². The molecule has 0 rings (SSSR count). The Hall–Kier alpha value is -0.460. The molecule has 0 bridgehead atoms. The molecule has 0 aromatic carbocycles. The van der Waals surface area contributed by atoms with Crippen LogP contribution in [-0.4, -0.2) is 6.18 Å². The Morgan fingerprint density at radius 1 is 0.909 bits per heavy atom. The first kappa shape index (κ1) is 16.9. The Morgan fingerprint density at radius 3 is 1.18 bits per heavy atom. The van der Waals surface area contributed by atoms with Gasteiger partial charge in [-0.15, -0.1) is 12.4 Å². The van der Waals surface area contributed by atoms with E-state index in [9.17, 15) is 26.3 Å². The molecule has 8 heteroatoms. The van der Waals surface area contributed by atoms with Crippen LogP contribution in [0.5, 0.6) is 0 Å². The van der Waals surface area contributed by atoms with Crippen LogP contribution in [0, 0.1) is 0 Å². The first-order chi connectivity index (χ1) is 3.85. The minimum atomic E-state index is -5.56. The topological polar surface area (TPSA) is 0 Å². The highest BCUT2D eigenvalue weighted by atomic mass is 35.5. The van der Waals surface area contributed by atoms with Crippen LogP contribution in [0.15, 0.2) is 11.9 Å². The second-order valence-electron chi connectivity index (χ2n) is 1.07. The zero-order valence-corrected chi connectivity index (χ0v) is 5.40. The van der Waals surface area contributed by atoms with Gasteiger partial charge in [0.05, 0.1) is 0 Å². The Balaban J connectivity index is -0.000000320. The molecule has 0 amide bonds. The van der Waals surface area contributed by atoms with Crippen molar-refractivity contribution in [2.24, 2.45) is 0 Å². The highest BCUT2D eigenvalue weighted by molar-refractivity contribution is 5.85. The van der Waals surface area contributed by atoms with Crippen LogP contribution in [0.25, 0.3) is 0 Å². The van der Waals surface area contributed by atoms with Gasteiger partial charge in [0.25, 0.3) is 5.83 Å². The molecule has 0 aromatic heterocycles. The molecule has 0 saturated heterocycles. The lowest BCUT2D eigenvalue weighted by Crippen LogP contribution is -2.08. The number of rotatable bonds is 0. The van der Waals surface area contributed by atoms with Gasteiger partial charge in [-0.1, -0.05) is 0 Å². The summed E-state index contributed by atoms with van der Waals surface area (Å²) in [5.41, 5.74) is 0. The van der Waals surface area contributed by atoms with E-state index in [1.165, 1.54) is 0 Å². The van der Waals surface area contributed by atoms with Crippen molar-refractivity contribution < 1.29 is 31.0 Å². The van der Waals surface area contributed by atoms with E-state index in [0.717, 1.165) is 0 Å². The van der Waals surface area contributed by atoms with E-state index >= 15 is 0 Å². The van der Waals surface area contributed by atoms with Crippen molar-refractivity contribution in [1.29, 1.82) is 0 Å². The molecule has 0 atom stereocenters. The van der Waals surface area contributed by atoms with Gasteiger partial charge in [-0.05, 0) is 0 Å². The van der Waals surface area contributed by atoms with Gasteiger partial charge in [0.1, 0.15) is 0 Å². The lowest BCUT2D eigenvalue weighted by molar-refractivity contribution is -0.113. The quantitative estimate of drug-likeness (QED) is 0.534. The van der Waals surface area contributed by atoms with Crippen molar-refractivity contribution in [2.45, 2.75) is 6.18 Å². The summed E-state index contributed by atoms with van der Waals surface area (Å²) in [6.45, 7) is 0. The third kappa shape index (κ3) is 5.96. The fourth-order valence-electron chi connectivity index (χ4n) is 0.107. The summed E-state index contributed by atoms with van der Waals surface area (Å²) in [5.74, 6) is -3.33. The van der Waals surface area contributed by atoms with Crippen LogP contribution in [0.3, 0.4) is 0 Å². The van der Waals surface area contributed by atoms with Gasteiger partial charge in [-0.2, -0.15) is 26.3 Å². The number of halogens is 8.